The first-order valence-corrected chi connectivity index (χ1v) is 8.29. The van der Waals surface area contributed by atoms with Gasteiger partial charge in [0, 0.05) is 5.54 Å². The minimum atomic E-state index is 0.128. The van der Waals surface area contributed by atoms with Crippen LogP contribution in [0.2, 0.25) is 0 Å². The van der Waals surface area contributed by atoms with Gasteiger partial charge in [-0.05, 0) is 70.7 Å². The zero-order valence-corrected chi connectivity index (χ0v) is 14.5. The van der Waals surface area contributed by atoms with E-state index in [2.05, 4.69) is 57.0 Å². The average Bonchev–Trinajstić information content (AvgIpc) is 2.73. The third-order valence-corrected chi connectivity index (χ3v) is 4.32. The molecule has 2 heterocycles. The van der Waals surface area contributed by atoms with Gasteiger partial charge in [-0.1, -0.05) is 13.8 Å². The van der Waals surface area contributed by atoms with Crippen molar-refractivity contribution in [2.45, 2.75) is 72.5 Å². The second-order valence-corrected chi connectivity index (χ2v) is 8.27. The van der Waals surface area contributed by atoms with Crippen LogP contribution in [0.25, 0.3) is 0 Å². The van der Waals surface area contributed by atoms with Crippen LogP contribution in [0, 0.1) is 5.41 Å². The Kier molecular flexibility index (Phi) is 5.15. The van der Waals surface area contributed by atoms with E-state index in [9.17, 15) is 0 Å². The molecular weight excluding hydrogens is 260 g/mol. The topological polar surface area (TPSA) is 28.4 Å². The summed E-state index contributed by atoms with van der Waals surface area (Å²) in [5.74, 6) is 2.13. The van der Waals surface area contributed by atoms with Crippen molar-refractivity contribution in [1.29, 1.82) is 0 Å². The molecule has 0 atom stereocenters. The maximum absolute atomic E-state index is 5.97. The summed E-state index contributed by atoms with van der Waals surface area (Å²) in [6, 6.07) is 4.24. The molecule has 0 aromatic carbocycles. The van der Waals surface area contributed by atoms with E-state index in [1.165, 1.54) is 32.4 Å². The molecule has 0 spiro atoms. The van der Waals surface area contributed by atoms with Gasteiger partial charge >= 0.3 is 0 Å². The van der Waals surface area contributed by atoms with Crippen LogP contribution in [0.3, 0.4) is 0 Å². The normalized spacial score (nSPS) is 20.4. The maximum atomic E-state index is 5.97. The van der Waals surface area contributed by atoms with Gasteiger partial charge in [-0.3, -0.25) is 4.90 Å². The number of nitrogens with one attached hydrogen (secondary N) is 1. The number of rotatable bonds is 4. The van der Waals surface area contributed by atoms with Gasteiger partial charge < -0.3 is 9.73 Å². The van der Waals surface area contributed by atoms with Crippen molar-refractivity contribution in [3.05, 3.63) is 23.7 Å². The lowest BCUT2D eigenvalue weighted by molar-refractivity contribution is 0.235. The maximum Gasteiger partial charge on any atom is 0.118 e. The Labute approximate surface area is 130 Å². The second-order valence-electron chi connectivity index (χ2n) is 8.27. The van der Waals surface area contributed by atoms with E-state index in [0.717, 1.165) is 24.6 Å². The van der Waals surface area contributed by atoms with Gasteiger partial charge in [0.1, 0.15) is 11.5 Å². The molecule has 21 heavy (non-hydrogen) atoms. The Morgan fingerprint density at radius 1 is 1.14 bits per heavy atom. The van der Waals surface area contributed by atoms with Gasteiger partial charge in [0.2, 0.25) is 0 Å². The van der Waals surface area contributed by atoms with Gasteiger partial charge in [-0.15, -0.1) is 0 Å². The highest BCUT2D eigenvalue weighted by atomic mass is 16.3. The number of furan rings is 1. The molecule has 3 nitrogen and oxygen atoms in total. The third-order valence-electron chi connectivity index (χ3n) is 4.32. The van der Waals surface area contributed by atoms with Crippen LogP contribution in [0.1, 0.15) is 65.4 Å². The van der Waals surface area contributed by atoms with Crippen molar-refractivity contribution in [2.24, 2.45) is 5.41 Å². The first-order chi connectivity index (χ1) is 9.73. The average molecular weight is 292 g/mol. The molecule has 0 amide bonds. The summed E-state index contributed by atoms with van der Waals surface area (Å²) in [6.45, 7) is 15.4. The fourth-order valence-corrected chi connectivity index (χ4v) is 2.81. The molecule has 1 N–H and O–H groups in total. The third kappa shape index (κ3) is 5.84. The molecule has 0 saturated carbocycles. The predicted molar refractivity (Wildman–Crippen MR) is 88.2 cm³/mol. The number of nitrogens with zero attached hydrogens (tertiary/aromatic N) is 1. The summed E-state index contributed by atoms with van der Waals surface area (Å²) in [6.07, 6.45) is 3.92. The zero-order valence-electron chi connectivity index (χ0n) is 14.5. The molecule has 0 radical (unpaired) electrons. The Balaban J connectivity index is 1.85. The molecule has 1 aliphatic heterocycles. The highest BCUT2D eigenvalue weighted by Crippen LogP contribution is 2.30. The number of hydrogen-bond donors (Lipinski definition) is 1. The van der Waals surface area contributed by atoms with Crippen LogP contribution in [0.4, 0.5) is 0 Å². The summed E-state index contributed by atoms with van der Waals surface area (Å²) >= 11 is 0. The molecular formula is C18H32N2O. The first kappa shape index (κ1) is 16.6. The fraction of sp³-hybridized carbons (Fsp3) is 0.778. The van der Waals surface area contributed by atoms with Gasteiger partial charge in [-0.2, -0.15) is 0 Å². The Morgan fingerprint density at radius 3 is 2.57 bits per heavy atom. The predicted octanol–water partition coefficient (Wildman–Crippen LogP) is 4.18. The Bertz CT molecular complexity index is 442. The Morgan fingerprint density at radius 2 is 1.86 bits per heavy atom. The molecule has 0 unspecified atom stereocenters. The summed E-state index contributed by atoms with van der Waals surface area (Å²) in [7, 11) is 0. The first-order valence-electron chi connectivity index (χ1n) is 8.29. The lowest BCUT2D eigenvalue weighted by Crippen LogP contribution is -2.34. The van der Waals surface area contributed by atoms with Crippen molar-refractivity contribution in [3.63, 3.8) is 0 Å². The highest BCUT2D eigenvalue weighted by Gasteiger charge is 2.23. The van der Waals surface area contributed by atoms with Gasteiger partial charge in [-0.25, -0.2) is 0 Å². The van der Waals surface area contributed by atoms with Gasteiger partial charge in [0.05, 0.1) is 13.1 Å². The van der Waals surface area contributed by atoms with E-state index in [1.54, 1.807) is 0 Å². The van der Waals surface area contributed by atoms with Crippen molar-refractivity contribution in [2.75, 3.05) is 13.1 Å². The molecule has 3 heteroatoms. The van der Waals surface area contributed by atoms with Crippen LogP contribution < -0.4 is 5.32 Å². The molecule has 1 aromatic rings. The lowest BCUT2D eigenvalue weighted by Gasteiger charge is -2.22. The minimum absolute atomic E-state index is 0.128. The number of likely N-dealkylation sites (tertiary alicyclic amines) is 1. The van der Waals surface area contributed by atoms with Gasteiger partial charge in [0.25, 0.3) is 0 Å². The van der Waals surface area contributed by atoms with Crippen molar-refractivity contribution in [1.82, 2.24) is 10.2 Å². The largest absolute Gasteiger partial charge is 0.463 e. The molecule has 1 aliphatic rings. The molecule has 1 aromatic heterocycles. The summed E-state index contributed by atoms with van der Waals surface area (Å²) in [5, 5.41) is 3.47. The fourth-order valence-electron chi connectivity index (χ4n) is 2.81. The highest BCUT2D eigenvalue weighted by molar-refractivity contribution is 5.07. The van der Waals surface area contributed by atoms with Crippen LogP contribution >= 0.6 is 0 Å². The molecule has 1 saturated heterocycles. The SMILES string of the molecule is CC1(C)CCCN(Cc2ccc(CNC(C)(C)C)o2)CC1. The van der Waals surface area contributed by atoms with Crippen LogP contribution in [-0.4, -0.2) is 23.5 Å². The molecule has 120 valence electrons. The van der Waals surface area contributed by atoms with E-state index >= 15 is 0 Å². The van der Waals surface area contributed by atoms with Gasteiger partial charge in [0.15, 0.2) is 0 Å². The van der Waals surface area contributed by atoms with Crippen LogP contribution in [0.15, 0.2) is 16.5 Å². The van der Waals surface area contributed by atoms with Crippen molar-refractivity contribution in [3.8, 4) is 0 Å². The number of hydrogen-bond acceptors (Lipinski definition) is 3. The monoisotopic (exact) mass is 292 g/mol. The van der Waals surface area contributed by atoms with E-state index in [-0.39, 0.29) is 5.54 Å². The molecule has 1 fully saturated rings. The summed E-state index contributed by atoms with van der Waals surface area (Å²) in [5.41, 5.74) is 0.628. The second kappa shape index (κ2) is 6.53. The minimum Gasteiger partial charge on any atom is -0.463 e. The zero-order chi connectivity index (χ0) is 15.5. The van der Waals surface area contributed by atoms with E-state index < -0.39 is 0 Å². The molecule has 0 bridgehead atoms. The summed E-state index contributed by atoms with van der Waals surface area (Å²) in [4.78, 5) is 2.54. The van der Waals surface area contributed by atoms with Crippen LogP contribution in [0.5, 0.6) is 0 Å². The van der Waals surface area contributed by atoms with E-state index in [1.807, 2.05) is 0 Å². The van der Waals surface area contributed by atoms with Crippen molar-refractivity contribution < 1.29 is 4.42 Å². The summed E-state index contributed by atoms with van der Waals surface area (Å²) < 4.78 is 5.97. The van der Waals surface area contributed by atoms with Crippen molar-refractivity contribution >= 4 is 0 Å². The van der Waals surface area contributed by atoms with E-state index in [0.29, 0.717) is 5.41 Å². The molecule has 2 rings (SSSR count). The Hall–Kier alpha value is -0.800. The lowest BCUT2D eigenvalue weighted by atomic mass is 9.85. The van der Waals surface area contributed by atoms with E-state index in [4.69, 9.17) is 4.42 Å². The standard InChI is InChI=1S/C18H32N2O/c1-17(2,3)19-13-15-7-8-16(21-15)14-20-11-6-9-18(4,5)10-12-20/h7-8,19H,6,9-14H2,1-5H3. The smallest absolute Gasteiger partial charge is 0.118 e. The van der Waals surface area contributed by atoms with Crippen LogP contribution in [-0.2, 0) is 13.1 Å². The quantitative estimate of drug-likeness (QED) is 0.902. The molecule has 0 aliphatic carbocycles.